The molecule has 0 saturated heterocycles. The van der Waals surface area contributed by atoms with Crippen LogP contribution in [-0.2, 0) is 14.3 Å². The fraction of sp³-hybridized carbons (Fsp3) is 0.407. The van der Waals surface area contributed by atoms with Crippen molar-refractivity contribution in [3.63, 3.8) is 0 Å². The number of fused-ring (bicyclic) bond motifs is 1. The van der Waals surface area contributed by atoms with Crippen LogP contribution in [-0.4, -0.2) is 73.9 Å². The largest absolute Gasteiger partial charge is 0.479 e. The molecular weight excluding hydrogens is 536 g/mol. The summed E-state index contributed by atoms with van der Waals surface area (Å²) >= 11 is 3.23. The van der Waals surface area contributed by atoms with Crippen LogP contribution < -0.4 is 5.73 Å². The summed E-state index contributed by atoms with van der Waals surface area (Å²) in [6, 6.07) is 8.22. The summed E-state index contributed by atoms with van der Waals surface area (Å²) in [5.74, 6) is -0.345. The highest BCUT2D eigenvalue weighted by atomic mass is 32.2. The van der Waals surface area contributed by atoms with Crippen LogP contribution >= 0.6 is 23.5 Å². The number of benzene rings is 1. The highest BCUT2D eigenvalue weighted by molar-refractivity contribution is 7.99. The van der Waals surface area contributed by atoms with E-state index < -0.39 is 11.6 Å². The SMILES string of the molecule is COCCOC1(C(=O)O)CCC(c2nc3c(-c4cnn(-c5ccc(SC)cc5)c4)cnn3c(N)c2SC)CC1. The third kappa shape index (κ3) is 5.25. The molecule has 39 heavy (non-hydrogen) atoms. The second-order valence-corrected chi connectivity index (χ2v) is 11.2. The molecule has 0 bridgehead atoms. The van der Waals surface area contributed by atoms with Crippen LogP contribution in [0.15, 0.2) is 52.6 Å². The molecule has 1 fully saturated rings. The molecule has 5 rings (SSSR count). The number of hydrogen-bond acceptors (Lipinski definition) is 9. The molecule has 0 atom stereocenters. The van der Waals surface area contributed by atoms with E-state index in [1.807, 2.05) is 35.5 Å². The van der Waals surface area contributed by atoms with Crippen molar-refractivity contribution in [3.8, 4) is 16.8 Å². The van der Waals surface area contributed by atoms with Crippen molar-refractivity contribution >= 4 is 41.0 Å². The number of ether oxygens (including phenoxy) is 2. The number of carboxylic acid groups (broad SMARTS) is 1. The molecule has 1 saturated carbocycles. The summed E-state index contributed by atoms with van der Waals surface area (Å²) in [4.78, 5) is 19.3. The van der Waals surface area contributed by atoms with Gasteiger partial charge in [-0.1, -0.05) is 0 Å². The average Bonchev–Trinajstić information content (AvgIpc) is 3.61. The molecular formula is C27H32N6O4S2. The first kappa shape index (κ1) is 27.5. The fourth-order valence-corrected chi connectivity index (χ4v) is 6.27. The van der Waals surface area contributed by atoms with Crippen LogP contribution in [0.5, 0.6) is 0 Å². The van der Waals surface area contributed by atoms with Gasteiger partial charge in [-0.3, -0.25) is 0 Å². The minimum absolute atomic E-state index is 0.0543. The second kappa shape index (κ2) is 11.6. The number of nitrogens with two attached hydrogens (primary N) is 1. The van der Waals surface area contributed by atoms with E-state index in [4.69, 9.17) is 20.2 Å². The van der Waals surface area contributed by atoms with Crippen LogP contribution in [0.1, 0.15) is 37.3 Å². The van der Waals surface area contributed by atoms with Crippen molar-refractivity contribution < 1.29 is 19.4 Å². The number of hydrogen-bond donors (Lipinski definition) is 2. The van der Waals surface area contributed by atoms with Gasteiger partial charge in [-0.15, -0.1) is 23.5 Å². The van der Waals surface area contributed by atoms with E-state index in [0.717, 1.165) is 27.4 Å². The van der Waals surface area contributed by atoms with Gasteiger partial charge in [0.25, 0.3) is 0 Å². The second-order valence-electron chi connectivity index (χ2n) is 9.50. The number of nitrogens with zero attached hydrogens (tertiary/aromatic N) is 5. The zero-order valence-electron chi connectivity index (χ0n) is 22.2. The summed E-state index contributed by atoms with van der Waals surface area (Å²) in [6.07, 6.45) is 11.6. The maximum absolute atomic E-state index is 12.1. The molecule has 3 heterocycles. The molecule has 0 amide bonds. The molecule has 1 aromatic carbocycles. The number of rotatable bonds is 10. The Morgan fingerprint density at radius 2 is 1.87 bits per heavy atom. The van der Waals surface area contributed by atoms with E-state index in [2.05, 4.69) is 22.3 Å². The topological polar surface area (TPSA) is 130 Å². The molecule has 0 unspecified atom stereocenters. The predicted molar refractivity (Wildman–Crippen MR) is 153 cm³/mol. The molecule has 1 aliphatic carbocycles. The standard InChI is InChI=1S/C27H32N6O4S2/c1-36-12-13-37-27(26(34)35)10-8-17(9-11-27)22-23(39-3)24(28)33-25(31-22)21(15-30-33)18-14-29-32(16-18)19-4-6-20(38-2)7-5-19/h4-7,14-17H,8-13,28H2,1-3H3,(H,34,35). The number of aromatic nitrogens is 5. The van der Waals surface area contributed by atoms with Crippen molar-refractivity contribution in [1.82, 2.24) is 24.4 Å². The molecule has 3 aromatic heterocycles. The molecule has 12 heteroatoms. The van der Waals surface area contributed by atoms with Crippen molar-refractivity contribution in [2.45, 2.75) is 47.0 Å². The number of aliphatic carboxylic acids is 1. The highest BCUT2D eigenvalue weighted by Gasteiger charge is 2.44. The lowest BCUT2D eigenvalue weighted by atomic mass is 9.77. The Labute approximate surface area is 235 Å². The Bertz CT molecular complexity index is 1460. The lowest BCUT2D eigenvalue weighted by molar-refractivity contribution is -0.173. The van der Waals surface area contributed by atoms with Gasteiger partial charge in [-0.05, 0) is 62.5 Å². The highest BCUT2D eigenvalue weighted by Crippen LogP contribution is 2.44. The molecule has 0 spiro atoms. The number of carboxylic acids is 1. The van der Waals surface area contributed by atoms with Crippen LogP contribution in [0.25, 0.3) is 22.5 Å². The van der Waals surface area contributed by atoms with Gasteiger partial charge in [0, 0.05) is 35.2 Å². The lowest BCUT2D eigenvalue weighted by Crippen LogP contribution is -2.45. The van der Waals surface area contributed by atoms with Gasteiger partial charge >= 0.3 is 5.97 Å². The van der Waals surface area contributed by atoms with Crippen molar-refractivity contribution in [2.75, 3.05) is 38.6 Å². The predicted octanol–water partition coefficient (Wildman–Crippen LogP) is 4.75. The number of carbonyl (C=O) groups is 1. The molecule has 206 valence electrons. The molecule has 0 aliphatic heterocycles. The number of nitrogen functional groups attached to an aromatic ring is 1. The Kier molecular flexibility index (Phi) is 8.17. The van der Waals surface area contributed by atoms with Crippen LogP contribution in [0.4, 0.5) is 5.82 Å². The number of methoxy groups -OCH3 is 1. The first-order valence-corrected chi connectivity index (χ1v) is 15.1. The number of anilines is 1. The maximum Gasteiger partial charge on any atom is 0.335 e. The molecule has 10 nitrogen and oxygen atoms in total. The maximum atomic E-state index is 12.1. The van der Waals surface area contributed by atoms with E-state index in [1.54, 1.807) is 35.8 Å². The zero-order chi connectivity index (χ0) is 27.6. The van der Waals surface area contributed by atoms with E-state index in [1.165, 1.54) is 16.7 Å². The summed E-state index contributed by atoms with van der Waals surface area (Å²) in [5, 5.41) is 19.1. The lowest BCUT2D eigenvalue weighted by Gasteiger charge is -2.37. The third-order valence-electron chi connectivity index (χ3n) is 7.33. The minimum Gasteiger partial charge on any atom is -0.479 e. The normalized spacial score (nSPS) is 19.5. The van der Waals surface area contributed by atoms with Crippen LogP contribution in [0.2, 0.25) is 0 Å². The Hall–Kier alpha value is -3.06. The van der Waals surface area contributed by atoms with Crippen LogP contribution in [0.3, 0.4) is 0 Å². The Balaban J connectivity index is 1.46. The first-order chi connectivity index (χ1) is 18.9. The smallest absolute Gasteiger partial charge is 0.335 e. The van der Waals surface area contributed by atoms with E-state index in [9.17, 15) is 9.90 Å². The number of thioether (sulfide) groups is 2. The van der Waals surface area contributed by atoms with Crippen LogP contribution in [0, 0.1) is 0 Å². The fourth-order valence-electron chi connectivity index (χ4n) is 5.14. The average molecular weight is 569 g/mol. The summed E-state index contributed by atoms with van der Waals surface area (Å²) in [7, 11) is 1.57. The van der Waals surface area contributed by atoms with E-state index >= 15 is 0 Å². The quantitative estimate of drug-likeness (QED) is 0.204. The summed E-state index contributed by atoms with van der Waals surface area (Å²) < 4.78 is 14.4. The summed E-state index contributed by atoms with van der Waals surface area (Å²) in [5.41, 5.74) is 9.64. The van der Waals surface area contributed by atoms with Crippen molar-refractivity contribution in [1.29, 1.82) is 0 Å². The van der Waals surface area contributed by atoms with Gasteiger partial charge in [-0.25, -0.2) is 14.5 Å². The van der Waals surface area contributed by atoms with Gasteiger partial charge in [0.05, 0.1) is 41.9 Å². The molecule has 3 N–H and O–H groups in total. The van der Waals surface area contributed by atoms with Gasteiger partial charge < -0.3 is 20.3 Å². The molecule has 4 aromatic rings. The van der Waals surface area contributed by atoms with Crippen molar-refractivity contribution in [3.05, 3.63) is 48.5 Å². The van der Waals surface area contributed by atoms with Crippen molar-refractivity contribution in [2.24, 2.45) is 0 Å². The van der Waals surface area contributed by atoms with Gasteiger partial charge in [-0.2, -0.15) is 14.7 Å². The minimum atomic E-state index is -1.20. The Morgan fingerprint density at radius 3 is 2.51 bits per heavy atom. The third-order valence-corrected chi connectivity index (χ3v) is 8.90. The molecule has 0 radical (unpaired) electrons. The first-order valence-electron chi connectivity index (χ1n) is 12.7. The zero-order valence-corrected chi connectivity index (χ0v) is 23.8. The monoisotopic (exact) mass is 568 g/mol. The Morgan fingerprint density at radius 1 is 1.13 bits per heavy atom. The van der Waals surface area contributed by atoms with E-state index in [0.29, 0.717) is 43.8 Å². The van der Waals surface area contributed by atoms with Gasteiger partial charge in [0.15, 0.2) is 11.2 Å². The van der Waals surface area contributed by atoms with Gasteiger partial charge in [0.2, 0.25) is 0 Å². The van der Waals surface area contributed by atoms with E-state index in [-0.39, 0.29) is 12.5 Å². The molecule has 1 aliphatic rings. The van der Waals surface area contributed by atoms with Gasteiger partial charge in [0.1, 0.15) is 5.82 Å². The summed E-state index contributed by atoms with van der Waals surface area (Å²) in [6.45, 7) is 0.600.